The van der Waals surface area contributed by atoms with Crippen LogP contribution in [0.5, 0.6) is 0 Å². The molecule has 2 nitrogen and oxygen atoms in total. The van der Waals surface area contributed by atoms with Crippen LogP contribution >= 0.6 is 11.3 Å². The van der Waals surface area contributed by atoms with E-state index >= 15 is 0 Å². The highest BCUT2D eigenvalue weighted by atomic mass is 32.1. The fraction of sp³-hybridized carbons (Fsp3) is 0.143. The van der Waals surface area contributed by atoms with Crippen LogP contribution in [0, 0.1) is 0 Å². The average Bonchev–Trinajstić information content (AvgIpc) is 2.98. The SMILES string of the molecule is NCCc1c[nH]c2cc(-c3cccs3)ccc12. The van der Waals surface area contributed by atoms with Gasteiger partial charge in [0, 0.05) is 22.0 Å². The van der Waals surface area contributed by atoms with Gasteiger partial charge in [0.05, 0.1) is 0 Å². The first kappa shape index (κ1) is 10.6. The molecule has 0 bridgehead atoms. The summed E-state index contributed by atoms with van der Waals surface area (Å²) in [5.41, 5.74) is 9.38. The zero-order valence-electron chi connectivity index (χ0n) is 9.44. The van der Waals surface area contributed by atoms with Gasteiger partial charge in [-0.1, -0.05) is 18.2 Å². The first-order valence-corrected chi connectivity index (χ1v) is 6.60. The first-order chi connectivity index (χ1) is 8.38. The summed E-state index contributed by atoms with van der Waals surface area (Å²) >= 11 is 1.77. The zero-order valence-corrected chi connectivity index (χ0v) is 10.3. The summed E-state index contributed by atoms with van der Waals surface area (Å²) in [6.45, 7) is 0.694. The summed E-state index contributed by atoms with van der Waals surface area (Å²) in [5, 5.41) is 3.39. The minimum absolute atomic E-state index is 0.694. The molecule has 2 heterocycles. The molecule has 1 aromatic carbocycles. The Morgan fingerprint density at radius 3 is 2.94 bits per heavy atom. The second-order valence-corrected chi connectivity index (χ2v) is 5.04. The molecule has 0 saturated heterocycles. The molecule has 0 fully saturated rings. The summed E-state index contributed by atoms with van der Waals surface area (Å²) < 4.78 is 0. The van der Waals surface area contributed by atoms with E-state index in [1.165, 1.54) is 26.9 Å². The topological polar surface area (TPSA) is 41.8 Å². The van der Waals surface area contributed by atoms with Gasteiger partial charge >= 0.3 is 0 Å². The molecular weight excluding hydrogens is 228 g/mol. The summed E-state index contributed by atoms with van der Waals surface area (Å²) in [7, 11) is 0. The molecular formula is C14H14N2S. The normalized spacial score (nSPS) is 11.1. The molecule has 0 amide bonds. The maximum atomic E-state index is 5.61. The van der Waals surface area contributed by atoms with E-state index in [4.69, 9.17) is 5.73 Å². The Bertz CT molecular complexity index is 623. The van der Waals surface area contributed by atoms with Crippen LogP contribution in [0.1, 0.15) is 5.56 Å². The van der Waals surface area contributed by atoms with Crippen molar-refractivity contribution in [1.29, 1.82) is 0 Å². The predicted octanol–water partition coefficient (Wildman–Crippen LogP) is 3.40. The van der Waals surface area contributed by atoms with Crippen LogP contribution in [-0.2, 0) is 6.42 Å². The Morgan fingerprint density at radius 2 is 2.18 bits per heavy atom. The highest BCUT2D eigenvalue weighted by Crippen LogP contribution is 2.28. The Hall–Kier alpha value is -1.58. The minimum atomic E-state index is 0.694. The third kappa shape index (κ3) is 1.88. The third-order valence-electron chi connectivity index (χ3n) is 2.99. The molecule has 17 heavy (non-hydrogen) atoms. The lowest BCUT2D eigenvalue weighted by Gasteiger charge is -1.99. The molecule has 2 aromatic heterocycles. The van der Waals surface area contributed by atoms with Crippen molar-refractivity contribution in [3.8, 4) is 10.4 Å². The van der Waals surface area contributed by atoms with Gasteiger partial charge < -0.3 is 10.7 Å². The second-order valence-electron chi connectivity index (χ2n) is 4.09. The van der Waals surface area contributed by atoms with Crippen molar-refractivity contribution in [3.05, 3.63) is 47.5 Å². The van der Waals surface area contributed by atoms with Gasteiger partial charge in [-0.3, -0.25) is 0 Å². The Labute approximate surface area is 104 Å². The number of hydrogen-bond acceptors (Lipinski definition) is 2. The van der Waals surface area contributed by atoms with Crippen molar-refractivity contribution in [3.63, 3.8) is 0 Å². The highest BCUT2D eigenvalue weighted by molar-refractivity contribution is 7.13. The van der Waals surface area contributed by atoms with Crippen LogP contribution in [0.15, 0.2) is 41.9 Å². The molecule has 0 saturated carbocycles. The van der Waals surface area contributed by atoms with Crippen molar-refractivity contribution in [2.75, 3.05) is 6.54 Å². The molecule has 0 atom stereocenters. The maximum Gasteiger partial charge on any atom is 0.0463 e. The quantitative estimate of drug-likeness (QED) is 0.726. The van der Waals surface area contributed by atoms with E-state index in [0.29, 0.717) is 6.54 Å². The van der Waals surface area contributed by atoms with Gasteiger partial charge in [0.15, 0.2) is 0 Å². The van der Waals surface area contributed by atoms with E-state index in [1.54, 1.807) is 11.3 Å². The zero-order chi connectivity index (χ0) is 11.7. The van der Waals surface area contributed by atoms with E-state index < -0.39 is 0 Å². The number of aromatic amines is 1. The Morgan fingerprint density at radius 1 is 1.24 bits per heavy atom. The maximum absolute atomic E-state index is 5.61. The van der Waals surface area contributed by atoms with Crippen LogP contribution in [0.4, 0.5) is 0 Å². The van der Waals surface area contributed by atoms with Gasteiger partial charge in [-0.05, 0) is 41.6 Å². The standard InChI is InChI=1S/C14H14N2S/c15-6-5-11-9-16-13-8-10(3-4-12(11)13)14-2-1-7-17-14/h1-4,7-9,16H,5-6,15H2. The molecule has 3 aromatic rings. The van der Waals surface area contributed by atoms with Crippen LogP contribution in [0.2, 0.25) is 0 Å². The molecule has 3 heteroatoms. The number of nitrogens with one attached hydrogen (secondary N) is 1. The average molecular weight is 242 g/mol. The number of benzene rings is 1. The lowest BCUT2D eigenvalue weighted by molar-refractivity contribution is 0.976. The Kier molecular flexibility index (Phi) is 2.71. The first-order valence-electron chi connectivity index (χ1n) is 5.72. The summed E-state index contributed by atoms with van der Waals surface area (Å²) in [6, 6.07) is 10.8. The van der Waals surface area contributed by atoms with Crippen molar-refractivity contribution in [1.82, 2.24) is 4.98 Å². The van der Waals surface area contributed by atoms with Gasteiger partial charge in [0.2, 0.25) is 0 Å². The van der Waals surface area contributed by atoms with Crippen LogP contribution < -0.4 is 5.73 Å². The molecule has 3 N–H and O–H groups in total. The lowest BCUT2D eigenvalue weighted by Crippen LogP contribution is -2.01. The highest BCUT2D eigenvalue weighted by Gasteiger charge is 2.05. The fourth-order valence-electron chi connectivity index (χ4n) is 2.14. The van der Waals surface area contributed by atoms with Crippen LogP contribution in [0.25, 0.3) is 21.3 Å². The van der Waals surface area contributed by atoms with E-state index in [-0.39, 0.29) is 0 Å². The van der Waals surface area contributed by atoms with Crippen molar-refractivity contribution in [2.24, 2.45) is 5.73 Å². The van der Waals surface area contributed by atoms with Gasteiger partial charge in [-0.15, -0.1) is 11.3 Å². The molecule has 0 aliphatic heterocycles. The summed E-state index contributed by atoms with van der Waals surface area (Å²) in [4.78, 5) is 4.63. The number of fused-ring (bicyclic) bond motifs is 1. The number of rotatable bonds is 3. The molecule has 0 spiro atoms. The molecule has 0 aliphatic carbocycles. The minimum Gasteiger partial charge on any atom is -0.361 e. The number of aromatic nitrogens is 1. The number of H-pyrrole nitrogens is 1. The molecule has 0 unspecified atom stereocenters. The summed E-state index contributed by atoms with van der Waals surface area (Å²) in [5.74, 6) is 0. The number of hydrogen-bond donors (Lipinski definition) is 2. The van der Waals surface area contributed by atoms with Gasteiger partial charge in [-0.25, -0.2) is 0 Å². The fourth-order valence-corrected chi connectivity index (χ4v) is 2.87. The van der Waals surface area contributed by atoms with Crippen molar-refractivity contribution >= 4 is 22.2 Å². The van der Waals surface area contributed by atoms with Crippen molar-refractivity contribution in [2.45, 2.75) is 6.42 Å². The van der Waals surface area contributed by atoms with Crippen molar-refractivity contribution < 1.29 is 0 Å². The molecule has 0 radical (unpaired) electrons. The van der Waals surface area contributed by atoms with Gasteiger partial charge in [0.25, 0.3) is 0 Å². The van der Waals surface area contributed by atoms with Gasteiger partial charge in [0.1, 0.15) is 0 Å². The van der Waals surface area contributed by atoms with E-state index in [2.05, 4.69) is 46.9 Å². The molecule has 3 rings (SSSR count). The van der Waals surface area contributed by atoms with Crippen LogP contribution in [-0.4, -0.2) is 11.5 Å². The third-order valence-corrected chi connectivity index (χ3v) is 3.91. The van der Waals surface area contributed by atoms with E-state index in [1.807, 2.05) is 0 Å². The van der Waals surface area contributed by atoms with Crippen LogP contribution in [0.3, 0.4) is 0 Å². The smallest absolute Gasteiger partial charge is 0.0463 e. The summed E-state index contributed by atoms with van der Waals surface area (Å²) in [6.07, 6.45) is 2.99. The monoisotopic (exact) mass is 242 g/mol. The molecule has 0 aliphatic rings. The Balaban J connectivity index is 2.09. The lowest BCUT2D eigenvalue weighted by atomic mass is 10.1. The second kappa shape index (κ2) is 4.35. The molecule has 86 valence electrons. The van der Waals surface area contributed by atoms with Gasteiger partial charge in [-0.2, -0.15) is 0 Å². The predicted molar refractivity (Wildman–Crippen MR) is 74.4 cm³/mol. The largest absolute Gasteiger partial charge is 0.361 e. The number of thiophene rings is 1. The number of nitrogens with two attached hydrogens (primary N) is 1. The van der Waals surface area contributed by atoms with E-state index in [9.17, 15) is 0 Å². The van der Waals surface area contributed by atoms with E-state index in [0.717, 1.165) is 6.42 Å².